The zero-order chi connectivity index (χ0) is 22.8. The van der Waals surface area contributed by atoms with Crippen LogP contribution in [0, 0.1) is 6.92 Å². The van der Waals surface area contributed by atoms with Gasteiger partial charge in [0.25, 0.3) is 0 Å². The molecule has 0 aromatic heterocycles. The van der Waals surface area contributed by atoms with E-state index in [1.165, 1.54) is 6.07 Å². The Hall–Kier alpha value is -2.44. The fourth-order valence-electron chi connectivity index (χ4n) is 3.37. The van der Waals surface area contributed by atoms with Gasteiger partial charge in [-0.05, 0) is 73.2 Å². The van der Waals surface area contributed by atoms with Crippen LogP contribution in [-0.2, 0) is 23.7 Å². The number of alkyl halides is 3. The Morgan fingerprint density at radius 3 is 1.90 bits per heavy atom. The molecule has 1 unspecified atom stereocenters. The van der Waals surface area contributed by atoms with Gasteiger partial charge in [0.15, 0.2) is 0 Å². The molecular formula is C25H26F3NOS. The summed E-state index contributed by atoms with van der Waals surface area (Å²) in [7, 11) is -1.41. The maximum atomic E-state index is 13.4. The Morgan fingerprint density at radius 2 is 1.35 bits per heavy atom. The second-order valence-corrected chi connectivity index (χ2v) is 10.5. The van der Waals surface area contributed by atoms with E-state index in [9.17, 15) is 17.4 Å². The van der Waals surface area contributed by atoms with E-state index < -0.39 is 27.5 Å². The maximum absolute atomic E-state index is 13.4. The molecule has 3 aromatic carbocycles. The first-order valence-corrected chi connectivity index (χ1v) is 11.1. The minimum atomic E-state index is -4.45. The summed E-state index contributed by atoms with van der Waals surface area (Å²) in [6.07, 6.45) is -4.45. The van der Waals surface area contributed by atoms with Gasteiger partial charge in [0.05, 0.1) is 21.3 Å². The molecule has 0 aliphatic carbocycles. The van der Waals surface area contributed by atoms with E-state index in [0.717, 1.165) is 34.4 Å². The van der Waals surface area contributed by atoms with Crippen LogP contribution < -0.4 is 4.72 Å². The minimum Gasteiger partial charge on any atom is -0.242 e. The fourth-order valence-corrected chi connectivity index (χ4v) is 4.09. The Morgan fingerprint density at radius 1 is 0.806 bits per heavy atom. The monoisotopic (exact) mass is 445 g/mol. The van der Waals surface area contributed by atoms with Gasteiger partial charge in [-0.2, -0.15) is 13.2 Å². The van der Waals surface area contributed by atoms with Crippen molar-refractivity contribution in [2.75, 3.05) is 0 Å². The van der Waals surface area contributed by atoms with Crippen molar-refractivity contribution in [3.63, 3.8) is 0 Å². The fraction of sp³-hybridized carbons (Fsp3) is 0.280. The third-order valence-electron chi connectivity index (χ3n) is 5.03. The number of rotatable bonds is 5. The van der Waals surface area contributed by atoms with Crippen molar-refractivity contribution in [2.45, 2.75) is 45.2 Å². The van der Waals surface area contributed by atoms with Gasteiger partial charge in [0, 0.05) is 6.54 Å². The summed E-state index contributed by atoms with van der Waals surface area (Å²) in [4.78, 5) is 0. The molecule has 0 radical (unpaired) electrons. The molecule has 164 valence electrons. The van der Waals surface area contributed by atoms with Crippen molar-refractivity contribution in [2.24, 2.45) is 0 Å². The Labute approximate surface area is 184 Å². The van der Waals surface area contributed by atoms with E-state index in [0.29, 0.717) is 11.1 Å². The molecular weight excluding hydrogens is 419 g/mol. The average molecular weight is 446 g/mol. The molecule has 0 aliphatic heterocycles. The van der Waals surface area contributed by atoms with E-state index in [4.69, 9.17) is 0 Å². The molecule has 0 spiro atoms. The van der Waals surface area contributed by atoms with Gasteiger partial charge in [0.1, 0.15) is 0 Å². The second kappa shape index (κ2) is 8.97. The SMILES string of the molecule is Cc1ccccc1-c1ccccc1-c1ccc(C(F)(F)F)cc1CNS(=O)C(C)(C)C. The van der Waals surface area contributed by atoms with Gasteiger partial charge >= 0.3 is 6.18 Å². The topological polar surface area (TPSA) is 29.1 Å². The van der Waals surface area contributed by atoms with Crippen LogP contribution in [0.25, 0.3) is 22.3 Å². The van der Waals surface area contributed by atoms with Crippen LogP contribution in [0.1, 0.15) is 37.5 Å². The molecule has 6 heteroatoms. The van der Waals surface area contributed by atoms with Gasteiger partial charge < -0.3 is 0 Å². The molecule has 2 nitrogen and oxygen atoms in total. The summed E-state index contributed by atoms with van der Waals surface area (Å²) in [5, 5.41) is 0. The first kappa shape index (κ1) is 23.2. The zero-order valence-corrected chi connectivity index (χ0v) is 18.8. The predicted octanol–water partition coefficient (Wildman–Crippen LogP) is 6.90. The van der Waals surface area contributed by atoms with E-state index in [1.807, 2.05) is 76.2 Å². The lowest BCUT2D eigenvalue weighted by molar-refractivity contribution is -0.137. The number of nitrogens with one attached hydrogen (secondary N) is 1. The highest BCUT2D eigenvalue weighted by Gasteiger charge is 2.31. The predicted molar refractivity (Wildman–Crippen MR) is 122 cm³/mol. The molecule has 31 heavy (non-hydrogen) atoms. The van der Waals surface area contributed by atoms with E-state index in [1.54, 1.807) is 0 Å². The van der Waals surface area contributed by atoms with Crippen molar-refractivity contribution in [3.05, 3.63) is 83.4 Å². The summed E-state index contributed by atoms with van der Waals surface area (Å²) >= 11 is 0. The first-order valence-electron chi connectivity index (χ1n) is 9.99. The summed E-state index contributed by atoms with van der Waals surface area (Å²) in [5.74, 6) is 0. The highest BCUT2D eigenvalue weighted by molar-refractivity contribution is 7.84. The Kier molecular flexibility index (Phi) is 6.72. The summed E-state index contributed by atoms with van der Waals surface area (Å²) in [6, 6.07) is 19.4. The largest absolute Gasteiger partial charge is 0.416 e. The molecule has 0 heterocycles. The smallest absolute Gasteiger partial charge is 0.242 e. The number of hydrogen-bond acceptors (Lipinski definition) is 1. The lowest BCUT2D eigenvalue weighted by atomic mass is 9.89. The molecule has 0 amide bonds. The molecule has 0 saturated carbocycles. The highest BCUT2D eigenvalue weighted by atomic mass is 32.2. The van der Waals surface area contributed by atoms with Crippen molar-refractivity contribution >= 4 is 11.0 Å². The van der Waals surface area contributed by atoms with Gasteiger partial charge in [0.2, 0.25) is 0 Å². The minimum absolute atomic E-state index is 0.0608. The average Bonchev–Trinajstić information content (AvgIpc) is 2.71. The molecule has 1 atom stereocenters. The number of hydrogen-bond donors (Lipinski definition) is 1. The number of aryl methyl sites for hydroxylation is 1. The molecule has 0 aliphatic rings. The van der Waals surface area contributed by atoms with Crippen LogP contribution in [0.2, 0.25) is 0 Å². The van der Waals surface area contributed by atoms with Crippen LogP contribution in [0.3, 0.4) is 0 Å². The molecule has 0 bridgehead atoms. The van der Waals surface area contributed by atoms with E-state index in [2.05, 4.69) is 4.72 Å². The van der Waals surface area contributed by atoms with Gasteiger partial charge in [-0.25, -0.2) is 8.93 Å². The molecule has 3 aromatic rings. The van der Waals surface area contributed by atoms with Crippen LogP contribution in [0.5, 0.6) is 0 Å². The number of benzene rings is 3. The van der Waals surface area contributed by atoms with Crippen LogP contribution in [0.4, 0.5) is 13.2 Å². The van der Waals surface area contributed by atoms with Gasteiger partial charge in [-0.1, -0.05) is 54.6 Å². The molecule has 0 fully saturated rings. The molecule has 1 N–H and O–H groups in total. The third kappa shape index (κ3) is 5.43. The van der Waals surface area contributed by atoms with E-state index in [-0.39, 0.29) is 6.54 Å². The summed E-state index contributed by atoms with van der Waals surface area (Å²) in [6.45, 7) is 7.52. The Bertz CT molecular complexity index is 1100. The first-order chi connectivity index (χ1) is 14.5. The zero-order valence-electron chi connectivity index (χ0n) is 18.0. The second-order valence-electron chi connectivity index (χ2n) is 8.43. The van der Waals surface area contributed by atoms with E-state index >= 15 is 0 Å². The van der Waals surface area contributed by atoms with Crippen molar-refractivity contribution in [1.29, 1.82) is 0 Å². The highest BCUT2D eigenvalue weighted by Crippen LogP contribution is 2.38. The normalized spacial score (nSPS) is 13.3. The quantitative estimate of drug-likeness (QED) is 0.455. The summed E-state index contributed by atoms with van der Waals surface area (Å²) < 4.78 is 55.1. The molecule has 0 saturated heterocycles. The third-order valence-corrected chi connectivity index (χ3v) is 6.55. The maximum Gasteiger partial charge on any atom is 0.416 e. The Balaban J connectivity index is 2.13. The van der Waals surface area contributed by atoms with Crippen molar-refractivity contribution < 1.29 is 17.4 Å². The van der Waals surface area contributed by atoms with Crippen molar-refractivity contribution in [1.82, 2.24) is 4.72 Å². The lowest BCUT2D eigenvalue weighted by Gasteiger charge is -2.21. The standard InChI is InChI=1S/C25H26F3NOS/c1-17-9-5-6-10-20(17)22-11-7-8-12-23(22)21-14-13-19(25(26,27)28)15-18(21)16-29-31(30)24(2,3)4/h5-15,29H,16H2,1-4H3. The van der Waals surface area contributed by atoms with Crippen LogP contribution in [-0.4, -0.2) is 8.96 Å². The van der Waals surface area contributed by atoms with Crippen molar-refractivity contribution in [3.8, 4) is 22.3 Å². The van der Waals surface area contributed by atoms with Crippen LogP contribution in [0.15, 0.2) is 66.7 Å². The summed E-state index contributed by atoms with van der Waals surface area (Å²) in [5.41, 5.74) is 4.30. The number of halogens is 3. The van der Waals surface area contributed by atoms with Gasteiger partial charge in [-0.3, -0.25) is 0 Å². The molecule has 3 rings (SSSR count). The lowest BCUT2D eigenvalue weighted by Crippen LogP contribution is -2.33. The van der Waals surface area contributed by atoms with Crippen LogP contribution >= 0.6 is 0 Å². The van der Waals surface area contributed by atoms with Gasteiger partial charge in [-0.15, -0.1) is 0 Å².